The number of Topliss-reactive ketones (excluding diaryl/α,β-unsaturated/α-hetero) is 1. The Morgan fingerprint density at radius 1 is 1.32 bits per heavy atom. The van der Waals surface area contributed by atoms with E-state index in [0.29, 0.717) is 6.20 Å². The number of aromatic nitrogens is 1. The summed E-state index contributed by atoms with van der Waals surface area (Å²) in [5, 5.41) is 8.21. The van der Waals surface area contributed by atoms with Crippen molar-refractivity contribution < 1.29 is 28.6 Å². The van der Waals surface area contributed by atoms with Gasteiger partial charge < -0.3 is 9.84 Å². The number of ketones is 1. The summed E-state index contributed by atoms with van der Waals surface area (Å²) < 4.78 is 17.8. The van der Waals surface area contributed by atoms with E-state index in [1.54, 1.807) is 6.92 Å². The number of carbonyl (C=O) groups excluding carboxylic acids is 2. The molecule has 1 rings (SSSR count). The van der Waals surface area contributed by atoms with Crippen LogP contribution in [0.4, 0.5) is 4.39 Å². The molecule has 0 saturated heterocycles. The van der Waals surface area contributed by atoms with Crippen LogP contribution in [0.2, 0.25) is 10.0 Å². The fraction of sp³-hybridized carbons (Fsp3) is 0.385. The molecule has 1 aromatic rings. The average molecular weight is 352 g/mol. The second-order valence-electron chi connectivity index (χ2n) is 4.16. The third-order valence-electron chi connectivity index (χ3n) is 2.67. The van der Waals surface area contributed by atoms with Crippen LogP contribution >= 0.6 is 23.2 Å². The van der Waals surface area contributed by atoms with E-state index < -0.39 is 39.5 Å². The van der Waals surface area contributed by atoms with Gasteiger partial charge >= 0.3 is 11.9 Å². The molecule has 1 atom stereocenters. The van der Waals surface area contributed by atoms with Gasteiger partial charge in [-0.1, -0.05) is 23.2 Å². The Morgan fingerprint density at radius 3 is 2.50 bits per heavy atom. The van der Waals surface area contributed by atoms with Crippen molar-refractivity contribution in [2.75, 3.05) is 6.61 Å². The van der Waals surface area contributed by atoms with Crippen LogP contribution in [0.15, 0.2) is 6.20 Å². The highest BCUT2D eigenvalue weighted by Crippen LogP contribution is 2.32. The maximum absolute atomic E-state index is 13.2. The van der Waals surface area contributed by atoms with Gasteiger partial charge in [0, 0.05) is 6.42 Å². The van der Waals surface area contributed by atoms with Gasteiger partial charge in [0.1, 0.15) is 0 Å². The quantitative estimate of drug-likeness (QED) is 0.599. The topological polar surface area (TPSA) is 93.6 Å². The number of rotatable bonds is 7. The van der Waals surface area contributed by atoms with E-state index in [1.807, 2.05) is 0 Å². The third kappa shape index (κ3) is 4.38. The van der Waals surface area contributed by atoms with Crippen molar-refractivity contribution in [2.45, 2.75) is 25.7 Å². The number of pyridine rings is 1. The molecule has 1 aromatic heterocycles. The lowest BCUT2D eigenvalue weighted by Crippen LogP contribution is -2.24. The minimum Gasteiger partial charge on any atom is -0.480 e. The summed E-state index contributed by atoms with van der Waals surface area (Å²) in [5.41, 5.74) is -0.366. The smallest absolute Gasteiger partial charge is 0.320 e. The number of aliphatic carboxylic acids is 1. The molecule has 9 heteroatoms. The van der Waals surface area contributed by atoms with Crippen LogP contribution in [-0.2, 0) is 19.1 Å². The van der Waals surface area contributed by atoms with E-state index in [2.05, 4.69) is 9.72 Å². The Hall–Kier alpha value is -1.73. The molecule has 0 bridgehead atoms. The van der Waals surface area contributed by atoms with Gasteiger partial charge in [0.15, 0.2) is 17.5 Å². The summed E-state index contributed by atoms with van der Waals surface area (Å²) in [5.74, 6) is -5.63. The number of nitrogens with zero attached hydrogens (tertiary/aromatic N) is 1. The lowest BCUT2D eigenvalue weighted by Gasteiger charge is -2.13. The molecule has 6 nitrogen and oxygen atoms in total. The Kier molecular flexibility index (Phi) is 6.70. The highest BCUT2D eigenvalue weighted by molar-refractivity contribution is 6.42. The first-order valence-corrected chi connectivity index (χ1v) is 6.95. The molecule has 1 heterocycles. The standard InChI is InChI=1S/C13H12Cl2FNO5/c1-2-22-8(19)4-3-7(18)9(13(20)21)12-11(15)10(14)6(16)5-17-12/h5,9H,2-4H2,1H3,(H,20,21). The van der Waals surface area contributed by atoms with Gasteiger partial charge in [-0.25, -0.2) is 4.39 Å². The molecule has 0 aliphatic carbocycles. The maximum Gasteiger partial charge on any atom is 0.320 e. The number of halogens is 3. The summed E-state index contributed by atoms with van der Waals surface area (Å²) >= 11 is 11.3. The van der Waals surface area contributed by atoms with Gasteiger partial charge in [-0.2, -0.15) is 0 Å². The molecular formula is C13H12Cl2FNO5. The zero-order valence-corrected chi connectivity index (χ0v) is 12.9. The molecule has 0 aromatic carbocycles. The molecule has 0 fully saturated rings. The van der Waals surface area contributed by atoms with Crippen LogP contribution in [0.1, 0.15) is 31.4 Å². The zero-order chi connectivity index (χ0) is 16.9. The van der Waals surface area contributed by atoms with Gasteiger partial charge in [-0.15, -0.1) is 0 Å². The summed E-state index contributed by atoms with van der Waals surface area (Å²) in [6, 6.07) is 0. The molecule has 22 heavy (non-hydrogen) atoms. The maximum atomic E-state index is 13.2. The lowest BCUT2D eigenvalue weighted by molar-refractivity contribution is -0.147. The number of carbonyl (C=O) groups is 3. The van der Waals surface area contributed by atoms with Gasteiger partial charge in [-0.3, -0.25) is 19.4 Å². The third-order valence-corrected chi connectivity index (χ3v) is 3.52. The molecule has 120 valence electrons. The van der Waals surface area contributed by atoms with Crippen LogP contribution in [0.5, 0.6) is 0 Å². The van der Waals surface area contributed by atoms with Crippen LogP contribution in [-0.4, -0.2) is 34.4 Å². The first-order valence-electron chi connectivity index (χ1n) is 6.20. The average Bonchev–Trinajstić information content (AvgIpc) is 2.45. The second-order valence-corrected chi connectivity index (χ2v) is 4.92. The van der Waals surface area contributed by atoms with Crippen LogP contribution in [0, 0.1) is 5.82 Å². The van der Waals surface area contributed by atoms with Gasteiger partial charge in [0.05, 0.1) is 35.0 Å². The summed E-state index contributed by atoms with van der Waals surface area (Å²) in [7, 11) is 0. The largest absolute Gasteiger partial charge is 0.480 e. The van der Waals surface area contributed by atoms with E-state index in [1.165, 1.54) is 0 Å². The summed E-state index contributed by atoms with van der Waals surface area (Å²) in [6.07, 6.45) is 0.0317. The molecule has 0 saturated carbocycles. The van der Waals surface area contributed by atoms with Crippen LogP contribution in [0.25, 0.3) is 0 Å². The van der Waals surface area contributed by atoms with Crippen molar-refractivity contribution >= 4 is 40.9 Å². The molecule has 0 radical (unpaired) electrons. The van der Waals surface area contributed by atoms with E-state index in [4.69, 9.17) is 23.2 Å². The van der Waals surface area contributed by atoms with E-state index in [0.717, 1.165) is 0 Å². The molecule has 0 amide bonds. The monoisotopic (exact) mass is 351 g/mol. The van der Waals surface area contributed by atoms with Gasteiger partial charge in [0.2, 0.25) is 0 Å². The second kappa shape index (κ2) is 8.05. The van der Waals surface area contributed by atoms with Gasteiger partial charge in [0.25, 0.3) is 0 Å². The van der Waals surface area contributed by atoms with E-state index >= 15 is 0 Å². The van der Waals surface area contributed by atoms with Crippen molar-refractivity contribution in [1.29, 1.82) is 0 Å². The molecule has 0 aliphatic rings. The SMILES string of the molecule is CCOC(=O)CCC(=O)C(C(=O)O)c1ncc(F)c(Cl)c1Cl. The Morgan fingerprint density at radius 2 is 1.95 bits per heavy atom. The predicted molar refractivity (Wildman–Crippen MR) is 75.5 cm³/mol. The van der Waals surface area contributed by atoms with Crippen molar-refractivity contribution in [1.82, 2.24) is 4.98 Å². The Labute approximate surface area is 135 Å². The van der Waals surface area contributed by atoms with Crippen molar-refractivity contribution in [3.8, 4) is 0 Å². The van der Waals surface area contributed by atoms with Crippen LogP contribution < -0.4 is 0 Å². The first-order chi connectivity index (χ1) is 10.3. The minimum absolute atomic E-state index is 0.149. The number of hydrogen-bond acceptors (Lipinski definition) is 5. The number of ether oxygens (including phenoxy) is 1. The molecular weight excluding hydrogens is 340 g/mol. The first kappa shape index (κ1) is 18.3. The summed E-state index contributed by atoms with van der Waals surface area (Å²) in [4.78, 5) is 38.0. The molecule has 0 aliphatic heterocycles. The summed E-state index contributed by atoms with van der Waals surface area (Å²) in [6.45, 7) is 1.75. The minimum atomic E-state index is -1.74. The van der Waals surface area contributed by atoms with Crippen molar-refractivity contribution in [2.24, 2.45) is 0 Å². The molecule has 0 spiro atoms. The van der Waals surface area contributed by atoms with Gasteiger partial charge in [-0.05, 0) is 6.92 Å². The van der Waals surface area contributed by atoms with E-state index in [-0.39, 0.29) is 25.1 Å². The zero-order valence-electron chi connectivity index (χ0n) is 11.4. The number of carboxylic acid groups (broad SMARTS) is 1. The highest BCUT2D eigenvalue weighted by Gasteiger charge is 2.33. The Balaban J connectivity index is 3.00. The fourth-order valence-corrected chi connectivity index (χ4v) is 2.06. The van der Waals surface area contributed by atoms with Crippen LogP contribution in [0.3, 0.4) is 0 Å². The van der Waals surface area contributed by atoms with Crippen molar-refractivity contribution in [3.63, 3.8) is 0 Å². The lowest BCUT2D eigenvalue weighted by atomic mass is 9.96. The fourth-order valence-electron chi connectivity index (χ4n) is 1.67. The number of esters is 1. The van der Waals surface area contributed by atoms with E-state index in [9.17, 15) is 23.9 Å². The normalized spacial score (nSPS) is 11.8. The Bertz CT molecular complexity index is 608. The predicted octanol–water partition coefficient (Wildman–Crippen LogP) is 2.61. The van der Waals surface area contributed by atoms with Crippen molar-refractivity contribution in [3.05, 3.63) is 27.8 Å². The number of carboxylic acids is 1. The molecule has 1 unspecified atom stereocenters. The highest BCUT2D eigenvalue weighted by atomic mass is 35.5. The molecule has 1 N–H and O–H groups in total. The number of hydrogen-bond donors (Lipinski definition) is 1.